The SMILES string of the molecule is COc1ccc(NS(=O)(=O)c2ccc(NC(=O)c3ccc(NS(=O)(=O)c4ccc(C)cc4)cc3)cc2)c(OC)c1. The summed E-state index contributed by atoms with van der Waals surface area (Å²) >= 11 is 0. The van der Waals surface area contributed by atoms with Gasteiger partial charge in [-0.05, 0) is 79.7 Å². The summed E-state index contributed by atoms with van der Waals surface area (Å²) in [5, 5.41) is 2.69. The summed E-state index contributed by atoms with van der Waals surface area (Å²) in [4.78, 5) is 12.8. The van der Waals surface area contributed by atoms with Crippen molar-refractivity contribution in [2.75, 3.05) is 29.0 Å². The summed E-state index contributed by atoms with van der Waals surface area (Å²) in [5.41, 5.74) is 2.13. The molecule has 0 unspecified atom stereocenters. The van der Waals surface area contributed by atoms with Crippen LogP contribution in [0.4, 0.5) is 17.1 Å². The summed E-state index contributed by atoms with van der Waals surface area (Å²) in [6.07, 6.45) is 0. The first-order valence-electron chi connectivity index (χ1n) is 11.9. The van der Waals surface area contributed by atoms with Gasteiger partial charge in [-0.15, -0.1) is 0 Å². The van der Waals surface area contributed by atoms with Crippen molar-refractivity contribution < 1.29 is 31.1 Å². The average Bonchev–Trinajstić information content (AvgIpc) is 2.94. The van der Waals surface area contributed by atoms with Crippen LogP contribution in [0.1, 0.15) is 15.9 Å². The Labute approximate surface area is 233 Å². The number of hydrogen-bond acceptors (Lipinski definition) is 7. The second-order valence-electron chi connectivity index (χ2n) is 8.65. The zero-order valence-electron chi connectivity index (χ0n) is 21.8. The minimum absolute atomic E-state index is 0.0198. The lowest BCUT2D eigenvalue weighted by atomic mass is 10.2. The first-order valence-corrected chi connectivity index (χ1v) is 14.8. The molecule has 0 spiro atoms. The number of sulfonamides is 2. The van der Waals surface area contributed by atoms with E-state index >= 15 is 0 Å². The average molecular weight is 582 g/mol. The largest absolute Gasteiger partial charge is 0.497 e. The van der Waals surface area contributed by atoms with Crippen molar-refractivity contribution in [2.24, 2.45) is 0 Å². The third kappa shape index (κ3) is 6.71. The highest BCUT2D eigenvalue weighted by Gasteiger charge is 2.18. The molecular weight excluding hydrogens is 554 g/mol. The molecule has 4 aromatic rings. The van der Waals surface area contributed by atoms with E-state index in [9.17, 15) is 21.6 Å². The van der Waals surface area contributed by atoms with Gasteiger partial charge in [0.1, 0.15) is 11.5 Å². The van der Waals surface area contributed by atoms with Crippen molar-refractivity contribution in [3.05, 3.63) is 102 Å². The number of aryl methyl sites for hydroxylation is 1. The second kappa shape index (κ2) is 11.7. The number of ether oxygens (including phenoxy) is 2. The number of rotatable bonds is 10. The van der Waals surface area contributed by atoms with Gasteiger partial charge in [0.2, 0.25) is 0 Å². The standard InChI is InChI=1S/C28H27N3O7S2/c1-19-4-13-24(14-5-19)39(33,34)30-22-8-6-20(7-9-22)28(32)29-21-10-15-25(16-11-21)40(35,36)31-26-17-12-23(37-2)18-27(26)38-3/h4-18,30-31H,1-3H3,(H,29,32). The smallest absolute Gasteiger partial charge is 0.262 e. The van der Waals surface area contributed by atoms with E-state index in [4.69, 9.17) is 9.47 Å². The molecule has 0 heterocycles. The topological polar surface area (TPSA) is 140 Å². The van der Waals surface area contributed by atoms with E-state index in [-0.39, 0.29) is 21.0 Å². The predicted octanol–water partition coefficient (Wildman–Crippen LogP) is 4.87. The molecule has 4 rings (SSSR count). The normalized spacial score (nSPS) is 11.4. The highest BCUT2D eigenvalue weighted by molar-refractivity contribution is 7.93. The summed E-state index contributed by atoms with van der Waals surface area (Å²) in [6.45, 7) is 1.86. The molecule has 0 atom stereocenters. The third-order valence-electron chi connectivity index (χ3n) is 5.81. The maximum Gasteiger partial charge on any atom is 0.262 e. The fourth-order valence-corrected chi connectivity index (χ4v) is 5.76. The number of benzene rings is 4. The Morgan fingerprint density at radius 3 is 1.77 bits per heavy atom. The summed E-state index contributed by atoms with van der Waals surface area (Å²) in [5.74, 6) is 0.350. The Kier molecular flexibility index (Phi) is 8.31. The minimum atomic E-state index is -3.94. The summed E-state index contributed by atoms with van der Waals surface area (Å²) in [6, 6.07) is 22.7. The number of amides is 1. The van der Waals surface area contributed by atoms with Crippen molar-refractivity contribution in [2.45, 2.75) is 16.7 Å². The number of methoxy groups -OCH3 is 2. The van der Waals surface area contributed by atoms with E-state index in [0.717, 1.165) is 5.56 Å². The quantitative estimate of drug-likeness (QED) is 0.243. The van der Waals surface area contributed by atoms with Crippen molar-refractivity contribution >= 4 is 43.0 Å². The lowest BCUT2D eigenvalue weighted by molar-refractivity contribution is 0.102. The van der Waals surface area contributed by atoms with Crippen LogP contribution in [0, 0.1) is 6.92 Å². The predicted molar refractivity (Wildman–Crippen MR) is 153 cm³/mol. The molecule has 0 aliphatic heterocycles. The number of anilines is 3. The van der Waals surface area contributed by atoms with Gasteiger partial charge in [0.25, 0.3) is 26.0 Å². The Morgan fingerprint density at radius 1 is 0.650 bits per heavy atom. The number of hydrogen-bond donors (Lipinski definition) is 3. The molecule has 40 heavy (non-hydrogen) atoms. The zero-order chi connectivity index (χ0) is 28.9. The van der Waals surface area contributed by atoms with E-state index in [1.165, 1.54) is 80.9 Å². The van der Waals surface area contributed by atoms with Gasteiger partial charge in [-0.2, -0.15) is 0 Å². The third-order valence-corrected chi connectivity index (χ3v) is 8.58. The van der Waals surface area contributed by atoms with Gasteiger partial charge >= 0.3 is 0 Å². The van der Waals surface area contributed by atoms with E-state index in [2.05, 4.69) is 14.8 Å². The second-order valence-corrected chi connectivity index (χ2v) is 12.0. The van der Waals surface area contributed by atoms with Crippen LogP contribution in [0.15, 0.2) is 101 Å². The van der Waals surface area contributed by atoms with Crippen LogP contribution < -0.4 is 24.2 Å². The maximum atomic E-state index is 12.9. The van der Waals surface area contributed by atoms with Gasteiger partial charge in [0.05, 0.1) is 29.7 Å². The van der Waals surface area contributed by atoms with E-state index < -0.39 is 26.0 Å². The molecule has 0 aliphatic carbocycles. The Balaban J connectivity index is 1.40. The van der Waals surface area contributed by atoms with Gasteiger partial charge in [0.15, 0.2) is 0 Å². The molecule has 0 aromatic heterocycles. The zero-order valence-corrected chi connectivity index (χ0v) is 23.5. The lowest BCUT2D eigenvalue weighted by Crippen LogP contribution is -2.15. The minimum Gasteiger partial charge on any atom is -0.497 e. The van der Waals surface area contributed by atoms with Crippen molar-refractivity contribution in [1.82, 2.24) is 0 Å². The fourth-order valence-electron chi connectivity index (χ4n) is 3.63. The van der Waals surface area contributed by atoms with Crippen LogP contribution in [-0.2, 0) is 20.0 Å². The molecule has 1 amide bonds. The molecule has 4 aromatic carbocycles. The molecule has 12 heteroatoms. The number of carbonyl (C=O) groups is 1. The summed E-state index contributed by atoms with van der Waals surface area (Å²) in [7, 11) is -4.81. The highest BCUT2D eigenvalue weighted by atomic mass is 32.2. The molecule has 0 saturated heterocycles. The molecule has 0 aliphatic rings. The van der Waals surface area contributed by atoms with Crippen molar-refractivity contribution in [1.29, 1.82) is 0 Å². The molecule has 0 saturated carbocycles. The molecule has 0 radical (unpaired) electrons. The Hall–Kier alpha value is -4.55. The van der Waals surface area contributed by atoms with E-state index in [0.29, 0.717) is 22.9 Å². The Bertz CT molecular complexity index is 1720. The van der Waals surface area contributed by atoms with Crippen LogP contribution in [0.3, 0.4) is 0 Å². The lowest BCUT2D eigenvalue weighted by Gasteiger charge is -2.13. The molecule has 10 nitrogen and oxygen atoms in total. The van der Waals surface area contributed by atoms with Gasteiger partial charge in [-0.25, -0.2) is 16.8 Å². The maximum absolute atomic E-state index is 12.9. The Morgan fingerprint density at radius 2 is 1.20 bits per heavy atom. The van der Waals surface area contributed by atoms with Crippen molar-refractivity contribution in [3.63, 3.8) is 0 Å². The van der Waals surface area contributed by atoms with Crippen LogP contribution in [0.2, 0.25) is 0 Å². The molecule has 208 valence electrons. The molecule has 3 N–H and O–H groups in total. The number of carbonyl (C=O) groups excluding carboxylic acids is 1. The van der Waals surface area contributed by atoms with E-state index in [1.54, 1.807) is 24.3 Å². The monoisotopic (exact) mass is 581 g/mol. The van der Waals surface area contributed by atoms with Gasteiger partial charge < -0.3 is 14.8 Å². The first kappa shape index (κ1) is 28.5. The molecule has 0 bridgehead atoms. The van der Waals surface area contributed by atoms with Crippen LogP contribution in [0.5, 0.6) is 11.5 Å². The van der Waals surface area contributed by atoms with Gasteiger partial charge in [0, 0.05) is 23.0 Å². The van der Waals surface area contributed by atoms with Gasteiger partial charge in [-0.1, -0.05) is 17.7 Å². The fraction of sp³-hybridized carbons (Fsp3) is 0.107. The van der Waals surface area contributed by atoms with E-state index in [1.807, 2.05) is 6.92 Å². The van der Waals surface area contributed by atoms with Crippen LogP contribution in [0.25, 0.3) is 0 Å². The van der Waals surface area contributed by atoms with Crippen molar-refractivity contribution in [3.8, 4) is 11.5 Å². The molecular formula is C28H27N3O7S2. The number of nitrogens with one attached hydrogen (secondary N) is 3. The highest BCUT2D eigenvalue weighted by Crippen LogP contribution is 2.31. The first-order chi connectivity index (χ1) is 19.0. The summed E-state index contributed by atoms with van der Waals surface area (Å²) < 4.78 is 66.3. The van der Waals surface area contributed by atoms with Crippen LogP contribution in [-0.4, -0.2) is 37.0 Å². The molecule has 0 fully saturated rings. The van der Waals surface area contributed by atoms with Gasteiger partial charge in [-0.3, -0.25) is 14.2 Å². The van der Waals surface area contributed by atoms with Crippen LogP contribution >= 0.6 is 0 Å².